The summed E-state index contributed by atoms with van der Waals surface area (Å²) in [6.45, 7) is 3.47. The van der Waals surface area contributed by atoms with Crippen molar-refractivity contribution in [2.24, 2.45) is 0 Å². The van der Waals surface area contributed by atoms with Gasteiger partial charge in [-0.05, 0) is 36.6 Å². The average molecular weight is 376 g/mol. The number of nitrogens with one attached hydrogen (secondary N) is 1. The summed E-state index contributed by atoms with van der Waals surface area (Å²) in [6, 6.07) is 14.6. The molecule has 0 aliphatic rings. The van der Waals surface area contributed by atoms with Crippen molar-refractivity contribution < 1.29 is 19.1 Å². The monoisotopic (exact) mass is 375 g/mol. The third-order valence-electron chi connectivity index (χ3n) is 3.94. The van der Waals surface area contributed by atoms with Gasteiger partial charge in [-0.3, -0.25) is 9.59 Å². The predicted molar refractivity (Wildman–Crippen MR) is 102 cm³/mol. The second-order valence-electron chi connectivity index (χ2n) is 5.98. The van der Waals surface area contributed by atoms with Crippen LogP contribution >= 0.6 is 11.6 Å². The molecule has 0 radical (unpaired) electrons. The maximum atomic E-state index is 12.3. The van der Waals surface area contributed by atoms with E-state index in [0.717, 1.165) is 5.56 Å². The number of carbonyl (C=O) groups is 2. The van der Waals surface area contributed by atoms with Crippen molar-refractivity contribution in [3.05, 3.63) is 59.1 Å². The number of ether oxygens (including phenoxy) is 2. The predicted octanol–water partition coefficient (Wildman–Crippen LogP) is 4.41. The second kappa shape index (κ2) is 9.25. The van der Waals surface area contributed by atoms with Crippen LogP contribution in [-0.2, 0) is 14.3 Å². The van der Waals surface area contributed by atoms with Crippen LogP contribution in [0.2, 0.25) is 5.02 Å². The van der Waals surface area contributed by atoms with Crippen LogP contribution in [0, 0.1) is 0 Å². The molecule has 0 fully saturated rings. The van der Waals surface area contributed by atoms with Crippen molar-refractivity contribution in [3.8, 4) is 5.75 Å². The number of methoxy groups -OCH3 is 1. The highest BCUT2D eigenvalue weighted by molar-refractivity contribution is 6.31. The maximum absolute atomic E-state index is 12.3. The smallest absolute Gasteiger partial charge is 0.307 e. The highest BCUT2D eigenvalue weighted by Gasteiger charge is 2.21. The molecule has 5 nitrogen and oxygen atoms in total. The Morgan fingerprint density at radius 1 is 1.12 bits per heavy atom. The van der Waals surface area contributed by atoms with Crippen molar-refractivity contribution in [2.75, 3.05) is 12.4 Å². The van der Waals surface area contributed by atoms with E-state index in [2.05, 4.69) is 5.32 Å². The number of rotatable bonds is 7. The van der Waals surface area contributed by atoms with E-state index in [1.807, 2.05) is 37.3 Å². The summed E-state index contributed by atoms with van der Waals surface area (Å²) in [4.78, 5) is 24.4. The quantitative estimate of drug-likeness (QED) is 0.728. The Morgan fingerprint density at radius 3 is 2.46 bits per heavy atom. The van der Waals surface area contributed by atoms with Crippen LogP contribution in [-0.4, -0.2) is 25.1 Å². The van der Waals surface area contributed by atoms with E-state index in [0.29, 0.717) is 16.5 Å². The molecule has 26 heavy (non-hydrogen) atoms. The van der Waals surface area contributed by atoms with E-state index >= 15 is 0 Å². The summed E-state index contributed by atoms with van der Waals surface area (Å²) in [5, 5.41) is 3.13. The number of halogens is 1. The molecule has 0 aliphatic heterocycles. The molecule has 0 saturated heterocycles. The summed E-state index contributed by atoms with van der Waals surface area (Å²) in [5.74, 6) is -0.403. The first-order valence-corrected chi connectivity index (χ1v) is 8.67. The first-order valence-electron chi connectivity index (χ1n) is 8.29. The third-order valence-corrected chi connectivity index (χ3v) is 4.17. The first kappa shape index (κ1) is 19.8. The molecule has 2 rings (SSSR count). The van der Waals surface area contributed by atoms with Crippen LogP contribution in [0.5, 0.6) is 5.75 Å². The van der Waals surface area contributed by atoms with Crippen LogP contribution in [0.3, 0.4) is 0 Å². The summed E-state index contributed by atoms with van der Waals surface area (Å²) < 4.78 is 10.4. The molecule has 0 spiro atoms. The molecule has 0 aliphatic carbocycles. The van der Waals surface area contributed by atoms with E-state index in [1.165, 1.54) is 14.0 Å². The number of amides is 1. The van der Waals surface area contributed by atoms with Gasteiger partial charge in [0.2, 0.25) is 0 Å². The fourth-order valence-electron chi connectivity index (χ4n) is 2.46. The van der Waals surface area contributed by atoms with Gasteiger partial charge in [0, 0.05) is 5.02 Å². The van der Waals surface area contributed by atoms with Crippen LogP contribution in [0.15, 0.2) is 48.5 Å². The van der Waals surface area contributed by atoms with Crippen molar-refractivity contribution in [3.63, 3.8) is 0 Å². The Hall–Kier alpha value is -2.53. The topological polar surface area (TPSA) is 64.6 Å². The first-order chi connectivity index (χ1) is 12.4. The Kier molecular flexibility index (Phi) is 7.04. The van der Waals surface area contributed by atoms with Gasteiger partial charge in [0.15, 0.2) is 6.10 Å². The van der Waals surface area contributed by atoms with Gasteiger partial charge >= 0.3 is 5.97 Å². The molecule has 0 heterocycles. The van der Waals surface area contributed by atoms with Gasteiger partial charge in [-0.2, -0.15) is 0 Å². The lowest BCUT2D eigenvalue weighted by molar-refractivity contribution is -0.153. The van der Waals surface area contributed by atoms with Gasteiger partial charge in [-0.15, -0.1) is 0 Å². The number of esters is 1. The van der Waals surface area contributed by atoms with Crippen LogP contribution < -0.4 is 10.1 Å². The standard InChI is InChI=1S/C20H22ClNO4/c1-13(15-7-5-4-6-8-15)11-19(23)26-14(2)20(24)22-17-12-16(21)9-10-18(17)25-3/h4-10,12-14H,11H2,1-3H3,(H,22,24)/t13-,14-/m1/s1. The van der Waals surface area contributed by atoms with Crippen LogP contribution in [0.25, 0.3) is 0 Å². The molecular weight excluding hydrogens is 354 g/mol. The highest BCUT2D eigenvalue weighted by atomic mass is 35.5. The third kappa shape index (κ3) is 5.49. The minimum Gasteiger partial charge on any atom is -0.495 e. The van der Waals surface area contributed by atoms with E-state index in [1.54, 1.807) is 18.2 Å². The zero-order valence-electron chi connectivity index (χ0n) is 15.0. The van der Waals surface area contributed by atoms with E-state index in [9.17, 15) is 9.59 Å². The molecule has 6 heteroatoms. The van der Waals surface area contributed by atoms with Crippen molar-refractivity contribution in [1.29, 1.82) is 0 Å². The van der Waals surface area contributed by atoms with Gasteiger partial charge < -0.3 is 14.8 Å². The van der Waals surface area contributed by atoms with Gasteiger partial charge in [0.05, 0.1) is 19.2 Å². The number of anilines is 1. The minimum absolute atomic E-state index is 0.00647. The summed E-state index contributed by atoms with van der Waals surface area (Å²) in [5.41, 5.74) is 1.47. The Balaban J connectivity index is 1.92. The van der Waals surface area contributed by atoms with E-state index in [4.69, 9.17) is 21.1 Å². The van der Waals surface area contributed by atoms with E-state index in [-0.39, 0.29) is 12.3 Å². The van der Waals surface area contributed by atoms with Crippen molar-refractivity contribution >= 4 is 29.2 Å². The fourth-order valence-corrected chi connectivity index (χ4v) is 2.63. The minimum atomic E-state index is -0.936. The van der Waals surface area contributed by atoms with Gasteiger partial charge in [0.25, 0.3) is 5.91 Å². The number of carbonyl (C=O) groups excluding carboxylic acids is 2. The molecule has 2 atom stereocenters. The van der Waals surface area contributed by atoms with Crippen molar-refractivity contribution in [1.82, 2.24) is 0 Å². The normalized spacial score (nSPS) is 12.8. The highest BCUT2D eigenvalue weighted by Crippen LogP contribution is 2.28. The van der Waals surface area contributed by atoms with E-state index < -0.39 is 18.0 Å². The summed E-state index contributed by atoms with van der Waals surface area (Å²) >= 11 is 5.94. The number of hydrogen-bond acceptors (Lipinski definition) is 4. The molecule has 0 bridgehead atoms. The molecule has 138 valence electrons. The molecular formula is C20H22ClNO4. The average Bonchev–Trinajstić information content (AvgIpc) is 2.62. The van der Waals surface area contributed by atoms with Crippen LogP contribution in [0.4, 0.5) is 5.69 Å². The lowest BCUT2D eigenvalue weighted by atomic mass is 9.98. The Bertz CT molecular complexity index is 764. The second-order valence-corrected chi connectivity index (χ2v) is 6.42. The molecule has 0 saturated carbocycles. The van der Waals surface area contributed by atoms with Gasteiger partial charge in [0.1, 0.15) is 5.75 Å². The number of benzene rings is 2. The van der Waals surface area contributed by atoms with Crippen LogP contribution in [0.1, 0.15) is 31.7 Å². The zero-order valence-corrected chi connectivity index (χ0v) is 15.7. The molecule has 2 aromatic rings. The zero-order chi connectivity index (χ0) is 19.1. The lowest BCUT2D eigenvalue weighted by Gasteiger charge is -2.17. The lowest BCUT2D eigenvalue weighted by Crippen LogP contribution is -2.30. The van der Waals surface area contributed by atoms with Crippen molar-refractivity contribution in [2.45, 2.75) is 32.3 Å². The summed E-state index contributed by atoms with van der Waals surface area (Å²) in [6.07, 6.45) is -0.739. The SMILES string of the molecule is COc1ccc(Cl)cc1NC(=O)[C@@H](C)OC(=O)C[C@@H](C)c1ccccc1. The molecule has 0 unspecified atom stereocenters. The molecule has 2 aromatic carbocycles. The maximum Gasteiger partial charge on any atom is 0.307 e. The molecule has 1 amide bonds. The summed E-state index contributed by atoms with van der Waals surface area (Å²) in [7, 11) is 1.49. The molecule has 0 aromatic heterocycles. The van der Waals surface area contributed by atoms with Gasteiger partial charge in [-0.1, -0.05) is 48.9 Å². The largest absolute Gasteiger partial charge is 0.495 e. The molecule has 1 N–H and O–H groups in total. The number of hydrogen-bond donors (Lipinski definition) is 1. The Labute approximate surface area is 158 Å². The van der Waals surface area contributed by atoms with Gasteiger partial charge in [-0.25, -0.2) is 0 Å². The fraction of sp³-hybridized carbons (Fsp3) is 0.300. The Morgan fingerprint density at radius 2 is 1.81 bits per heavy atom.